The van der Waals surface area contributed by atoms with Gasteiger partial charge in [0.15, 0.2) is 0 Å². The van der Waals surface area contributed by atoms with Gasteiger partial charge in [0.25, 0.3) is 11.7 Å². The Balaban J connectivity index is 2.06. The number of carbonyl (C=O) groups is 2. The Morgan fingerprint density at radius 1 is 1.00 bits per heavy atom. The van der Waals surface area contributed by atoms with Crippen LogP contribution in [0.5, 0.6) is 5.75 Å². The predicted molar refractivity (Wildman–Crippen MR) is 135 cm³/mol. The molecule has 1 saturated heterocycles. The number of benzene rings is 2. The molecule has 2 aromatic rings. The third-order valence-corrected chi connectivity index (χ3v) is 6.25. The van der Waals surface area contributed by atoms with Gasteiger partial charge in [-0.2, -0.15) is 0 Å². The maximum Gasteiger partial charge on any atom is 0.295 e. The second kappa shape index (κ2) is 11.2. The summed E-state index contributed by atoms with van der Waals surface area (Å²) in [4.78, 5) is 32.1. The van der Waals surface area contributed by atoms with Gasteiger partial charge in [-0.15, -0.1) is 0 Å². The van der Waals surface area contributed by atoms with Gasteiger partial charge < -0.3 is 24.5 Å². The number of amides is 1. The molecule has 1 atom stereocenters. The monoisotopic (exact) mass is 465 g/mol. The molecule has 7 nitrogen and oxygen atoms in total. The molecule has 1 N–H and O–H groups in total. The van der Waals surface area contributed by atoms with Gasteiger partial charge in [0.2, 0.25) is 0 Å². The zero-order valence-corrected chi connectivity index (χ0v) is 20.7. The average Bonchev–Trinajstić information content (AvgIpc) is 3.09. The first kappa shape index (κ1) is 25.3. The molecule has 0 radical (unpaired) electrons. The van der Waals surface area contributed by atoms with Crippen LogP contribution in [-0.4, -0.2) is 74.0 Å². The first-order valence-electron chi connectivity index (χ1n) is 11.7. The quantitative estimate of drug-likeness (QED) is 0.326. The highest BCUT2D eigenvalue weighted by Gasteiger charge is 2.45. The van der Waals surface area contributed by atoms with E-state index < -0.39 is 17.7 Å². The van der Waals surface area contributed by atoms with Crippen LogP contribution in [0.15, 0.2) is 54.1 Å². The summed E-state index contributed by atoms with van der Waals surface area (Å²) in [5, 5.41) is 11.2. The zero-order valence-electron chi connectivity index (χ0n) is 20.7. The van der Waals surface area contributed by atoms with Crippen molar-refractivity contribution in [1.29, 1.82) is 0 Å². The highest BCUT2D eigenvalue weighted by atomic mass is 16.5. The number of aliphatic hydroxyl groups excluding tert-OH is 1. The molecular formula is C27H35N3O4. The molecule has 3 rings (SSSR count). The van der Waals surface area contributed by atoms with Crippen LogP contribution in [0.3, 0.4) is 0 Å². The number of rotatable bonds is 10. The van der Waals surface area contributed by atoms with Gasteiger partial charge in [-0.05, 0) is 82.9 Å². The minimum atomic E-state index is -0.656. The number of nitrogens with zero attached hydrogens (tertiary/aromatic N) is 3. The number of likely N-dealkylation sites (tertiary alicyclic amines) is 1. The van der Waals surface area contributed by atoms with Crippen LogP contribution in [0.2, 0.25) is 0 Å². The lowest BCUT2D eigenvalue weighted by Crippen LogP contribution is -2.32. The van der Waals surface area contributed by atoms with Gasteiger partial charge >= 0.3 is 0 Å². The molecule has 2 aromatic carbocycles. The molecule has 1 amide bonds. The summed E-state index contributed by atoms with van der Waals surface area (Å²) in [6.45, 7) is 7.18. The lowest BCUT2D eigenvalue weighted by molar-refractivity contribution is -0.139. The molecule has 1 aliphatic heterocycles. The van der Waals surface area contributed by atoms with Crippen LogP contribution in [0.4, 0.5) is 5.69 Å². The standard InChI is InChI=1S/C27H35N3O4/c1-6-29(7-2)21-13-9-19(10-14-21)24-23(25(31)20-11-15-22(34-5)16-12-20)26(32)27(33)30(24)18-8-17-28(3)4/h9-16,24,31H,6-8,17-18H2,1-5H3/b25-23-. The van der Waals surface area contributed by atoms with Gasteiger partial charge in [0.1, 0.15) is 11.5 Å². The number of aliphatic hydroxyl groups is 1. The lowest BCUT2D eigenvalue weighted by atomic mass is 9.95. The Labute approximate surface area is 202 Å². The molecular weight excluding hydrogens is 430 g/mol. The number of anilines is 1. The molecule has 7 heteroatoms. The van der Waals surface area contributed by atoms with E-state index in [9.17, 15) is 14.7 Å². The smallest absolute Gasteiger partial charge is 0.295 e. The fraction of sp³-hybridized carbons (Fsp3) is 0.407. The van der Waals surface area contributed by atoms with E-state index in [1.54, 1.807) is 36.3 Å². The first-order chi connectivity index (χ1) is 16.3. The molecule has 1 unspecified atom stereocenters. The number of ether oxygens (including phenoxy) is 1. The Kier molecular flexibility index (Phi) is 8.34. The summed E-state index contributed by atoms with van der Waals surface area (Å²) in [6.07, 6.45) is 0.719. The molecule has 1 aliphatic rings. The van der Waals surface area contributed by atoms with Crippen molar-refractivity contribution in [1.82, 2.24) is 9.80 Å². The molecule has 182 valence electrons. The molecule has 0 saturated carbocycles. The first-order valence-corrected chi connectivity index (χ1v) is 11.7. The number of Topliss-reactive ketones (excluding diaryl/α,β-unsaturated/α-hetero) is 1. The van der Waals surface area contributed by atoms with Crippen molar-refractivity contribution in [2.24, 2.45) is 0 Å². The van der Waals surface area contributed by atoms with Crippen molar-refractivity contribution >= 4 is 23.1 Å². The normalized spacial score (nSPS) is 17.5. The predicted octanol–water partition coefficient (Wildman–Crippen LogP) is 3.91. The third kappa shape index (κ3) is 5.25. The van der Waals surface area contributed by atoms with Gasteiger partial charge in [0.05, 0.1) is 18.7 Å². The number of carbonyl (C=O) groups excluding carboxylic acids is 2. The lowest BCUT2D eigenvalue weighted by Gasteiger charge is -2.27. The Hall–Kier alpha value is -3.32. The van der Waals surface area contributed by atoms with Crippen LogP contribution >= 0.6 is 0 Å². The molecule has 0 aliphatic carbocycles. The van der Waals surface area contributed by atoms with Crippen molar-refractivity contribution in [3.8, 4) is 5.75 Å². The molecule has 34 heavy (non-hydrogen) atoms. The summed E-state index contributed by atoms with van der Waals surface area (Å²) < 4.78 is 5.20. The summed E-state index contributed by atoms with van der Waals surface area (Å²) in [5.74, 6) is -0.763. The largest absolute Gasteiger partial charge is 0.507 e. The van der Waals surface area contributed by atoms with Gasteiger partial charge in [0, 0.05) is 30.9 Å². The van der Waals surface area contributed by atoms with Crippen LogP contribution in [0.1, 0.15) is 37.4 Å². The minimum Gasteiger partial charge on any atom is -0.507 e. The summed E-state index contributed by atoms with van der Waals surface area (Å²) in [6, 6.07) is 14.1. The second-order valence-electron chi connectivity index (χ2n) is 8.64. The summed E-state index contributed by atoms with van der Waals surface area (Å²) in [7, 11) is 5.51. The highest BCUT2D eigenvalue weighted by Crippen LogP contribution is 2.40. The SMILES string of the molecule is CCN(CC)c1ccc(C2/C(=C(/O)c3ccc(OC)cc3)C(=O)C(=O)N2CCCN(C)C)cc1. The van der Waals surface area contributed by atoms with E-state index in [-0.39, 0.29) is 11.3 Å². The van der Waals surface area contributed by atoms with Crippen LogP contribution in [0, 0.1) is 0 Å². The van der Waals surface area contributed by atoms with Crippen molar-refractivity contribution in [3.63, 3.8) is 0 Å². The Morgan fingerprint density at radius 3 is 2.15 bits per heavy atom. The van der Waals surface area contributed by atoms with E-state index in [0.29, 0.717) is 17.9 Å². The average molecular weight is 466 g/mol. The Morgan fingerprint density at radius 2 is 1.62 bits per heavy atom. The summed E-state index contributed by atoms with van der Waals surface area (Å²) >= 11 is 0. The van der Waals surface area contributed by atoms with E-state index in [0.717, 1.165) is 37.3 Å². The van der Waals surface area contributed by atoms with Crippen LogP contribution in [-0.2, 0) is 9.59 Å². The van der Waals surface area contributed by atoms with Crippen LogP contribution in [0.25, 0.3) is 5.76 Å². The molecule has 0 bridgehead atoms. The van der Waals surface area contributed by atoms with Crippen molar-refractivity contribution in [2.75, 3.05) is 52.3 Å². The van der Waals surface area contributed by atoms with Crippen molar-refractivity contribution < 1.29 is 19.4 Å². The van der Waals surface area contributed by atoms with Crippen molar-refractivity contribution in [2.45, 2.75) is 26.3 Å². The fourth-order valence-electron chi connectivity index (χ4n) is 4.38. The van der Waals surface area contributed by atoms with E-state index in [2.05, 4.69) is 18.7 Å². The number of methoxy groups -OCH3 is 1. The van der Waals surface area contributed by atoms with Gasteiger partial charge in [-0.25, -0.2) is 0 Å². The van der Waals surface area contributed by atoms with E-state index in [1.165, 1.54) is 0 Å². The summed E-state index contributed by atoms with van der Waals surface area (Å²) in [5.41, 5.74) is 2.47. The third-order valence-electron chi connectivity index (χ3n) is 6.25. The molecule has 1 fully saturated rings. The molecule has 0 aromatic heterocycles. The number of hydrogen-bond donors (Lipinski definition) is 1. The van der Waals surface area contributed by atoms with Gasteiger partial charge in [-0.3, -0.25) is 9.59 Å². The zero-order chi connectivity index (χ0) is 24.8. The topological polar surface area (TPSA) is 73.3 Å². The second-order valence-corrected chi connectivity index (χ2v) is 8.64. The van der Waals surface area contributed by atoms with Crippen LogP contribution < -0.4 is 9.64 Å². The maximum atomic E-state index is 13.1. The Bertz CT molecular complexity index is 1020. The molecule has 0 spiro atoms. The molecule has 1 heterocycles. The van der Waals surface area contributed by atoms with E-state index >= 15 is 0 Å². The minimum absolute atomic E-state index is 0.121. The number of hydrogen-bond acceptors (Lipinski definition) is 6. The maximum absolute atomic E-state index is 13.1. The number of ketones is 1. The highest BCUT2D eigenvalue weighted by molar-refractivity contribution is 6.46. The fourth-order valence-corrected chi connectivity index (χ4v) is 4.38. The van der Waals surface area contributed by atoms with Crippen molar-refractivity contribution in [3.05, 3.63) is 65.2 Å². The van der Waals surface area contributed by atoms with Gasteiger partial charge in [-0.1, -0.05) is 12.1 Å². The van der Waals surface area contributed by atoms with E-state index in [4.69, 9.17) is 4.74 Å². The van der Waals surface area contributed by atoms with E-state index in [1.807, 2.05) is 43.3 Å².